The first kappa shape index (κ1) is 26.2. The molecule has 1 amide bonds. The van der Waals surface area contributed by atoms with Gasteiger partial charge in [-0.25, -0.2) is 19.3 Å². The number of hydrogen-bond donors (Lipinski definition) is 3. The summed E-state index contributed by atoms with van der Waals surface area (Å²) in [5, 5.41) is 14.5. The van der Waals surface area contributed by atoms with Crippen molar-refractivity contribution in [3.05, 3.63) is 48.2 Å². The Balaban J connectivity index is 1.61. The first-order chi connectivity index (χ1) is 17.8. The third-order valence-corrected chi connectivity index (χ3v) is 5.80. The quantitative estimate of drug-likeness (QED) is 0.371. The second-order valence-electron chi connectivity index (χ2n) is 9.20. The molecule has 1 fully saturated rings. The number of aromatic nitrogens is 4. The van der Waals surface area contributed by atoms with Crippen molar-refractivity contribution in [3.8, 4) is 28.7 Å². The van der Waals surface area contributed by atoms with Gasteiger partial charge in [0.15, 0.2) is 5.82 Å². The van der Waals surface area contributed by atoms with E-state index in [9.17, 15) is 9.18 Å². The minimum atomic E-state index is -0.942. The van der Waals surface area contributed by atoms with E-state index in [1.165, 1.54) is 12.1 Å². The van der Waals surface area contributed by atoms with Crippen molar-refractivity contribution in [1.29, 1.82) is 5.26 Å². The van der Waals surface area contributed by atoms with Crippen LogP contribution >= 0.6 is 0 Å². The lowest BCUT2D eigenvalue weighted by Crippen LogP contribution is -2.48. The van der Waals surface area contributed by atoms with Gasteiger partial charge >= 0.3 is 0 Å². The van der Waals surface area contributed by atoms with Crippen LogP contribution in [0.4, 0.5) is 10.3 Å². The predicted molar refractivity (Wildman–Crippen MR) is 133 cm³/mol. The lowest BCUT2D eigenvalue weighted by molar-refractivity contribution is -0.230. The molecule has 1 aliphatic heterocycles. The zero-order chi connectivity index (χ0) is 26.4. The summed E-state index contributed by atoms with van der Waals surface area (Å²) in [6.07, 6.45) is 0.790. The molecule has 0 saturated carbocycles. The Morgan fingerprint density at radius 2 is 1.97 bits per heavy atom. The van der Waals surface area contributed by atoms with Crippen LogP contribution in [0, 0.1) is 22.6 Å². The van der Waals surface area contributed by atoms with Gasteiger partial charge in [-0.3, -0.25) is 4.79 Å². The summed E-state index contributed by atoms with van der Waals surface area (Å²) in [4.78, 5) is 31.4. The molecular formula is C25H29FN8O3. The van der Waals surface area contributed by atoms with Crippen molar-refractivity contribution in [2.75, 3.05) is 52.3 Å². The molecule has 0 spiro atoms. The lowest BCUT2D eigenvalue weighted by Gasteiger charge is -2.35. The zero-order valence-corrected chi connectivity index (χ0v) is 20.9. The summed E-state index contributed by atoms with van der Waals surface area (Å²) >= 11 is 0. The number of benzene rings is 1. The van der Waals surface area contributed by atoms with Crippen molar-refractivity contribution in [3.63, 3.8) is 0 Å². The fourth-order valence-corrected chi connectivity index (χ4v) is 3.71. The summed E-state index contributed by atoms with van der Waals surface area (Å²) in [5.41, 5.74) is 1.45. The van der Waals surface area contributed by atoms with E-state index in [4.69, 9.17) is 19.7 Å². The molecule has 0 bridgehead atoms. The number of amides is 1. The molecule has 194 valence electrons. The van der Waals surface area contributed by atoms with Crippen LogP contribution in [-0.4, -0.2) is 77.7 Å². The van der Waals surface area contributed by atoms with E-state index in [1.54, 1.807) is 31.3 Å². The summed E-state index contributed by atoms with van der Waals surface area (Å²) in [6.45, 7) is 3.24. The van der Waals surface area contributed by atoms with E-state index < -0.39 is 11.7 Å². The van der Waals surface area contributed by atoms with E-state index >= 15 is 0 Å². The molecule has 3 aromatic rings. The second kappa shape index (κ2) is 11.4. The fourth-order valence-electron chi connectivity index (χ4n) is 3.71. The molecule has 37 heavy (non-hydrogen) atoms. The van der Waals surface area contributed by atoms with Crippen molar-refractivity contribution in [1.82, 2.24) is 30.2 Å². The van der Waals surface area contributed by atoms with Crippen LogP contribution in [0.15, 0.2) is 36.5 Å². The van der Waals surface area contributed by atoms with Crippen LogP contribution in [0.5, 0.6) is 0 Å². The Morgan fingerprint density at radius 3 is 2.65 bits per heavy atom. The average molecular weight is 509 g/mol. The smallest absolute Gasteiger partial charge is 0.231 e. The van der Waals surface area contributed by atoms with Gasteiger partial charge in [0.05, 0.1) is 41.8 Å². The van der Waals surface area contributed by atoms with Crippen molar-refractivity contribution >= 4 is 11.9 Å². The standard InChI is InChI=1S/C25H29FN8O3/c1-25(23(35)28-11-9-27)14-36-22(37-15-25)21-32-19(16-4-6-17(26)7-5-16)20(33-21)18-8-10-29-24(31-18)30-12-13-34(2)3/h4-8,10,22H,11-15H2,1-3H3,(H,28,35)(H,32,33)(H,29,30,31). The van der Waals surface area contributed by atoms with Gasteiger partial charge in [-0.1, -0.05) is 0 Å². The number of carbonyl (C=O) groups is 1. The highest BCUT2D eigenvalue weighted by Gasteiger charge is 2.40. The first-order valence-corrected chi connectivity index (χ1v) is 11.8. The van der Waals surface area contributed by atoms with Crippen LogP contribution < -0.4 is 10.6 Å². The highest BCUT2D eigenvalue weighted by molar-refractivity contribution is 5.83. The van der Waals surface area contributed by atoms with Crippen LogP contribution in [-0.2, 0) is 14.3 Å². The molecule has 11 nitrogen and oxygen atoms in total. The molecule has 0 atom stereocenters. The Kier molecular flexibility index (Phi) is 8.08. The van der Waals surface area contributed by atoms with E-state index in [0.29, 0.717) is 41.0 Å². The second-order valence-corrected chi connectivity index (χ2v) is 9.20. The molecule has 0 aliphatic carbocycles. The van der Waals surface area contributed by atoms with E-state index in [1.807, 2.05) is 25.1 Å². The number of rotatable bonds is 9. The fraction of sp³-hybridized carbons (Fsp3) is 0.400. The molecule has 0 radical (unpaired) electrons. The highest BCUT2D eigenvalue weighted by atomic mass is 19.1. The van der Waals surface area contributed by atoms with E-state index in [-0.39, 0.29) is 31.5 Å². The molecular weight excluding hydrogens is 479 g/mol. The van der Waals surface area contributed by atoms with Gasteiger partial charge in [-0.15, -0.1) is 0 Å². The van der Waals surface area contributed by atoms with Gasteiger partial charge < -0.3 is 30.0 Å². The predicted octanol–water partition coefficient (Wildman–Crippen LogP) is 2.34. The molecule has 1 aromatic carbocycles. The van der Waals surface area contributed by atoms with Crippen molar-refractivity contribution < 1.29 is 18.7 Å². The van der Waals surface area contributed by atoms with Gasteiger partial charge in [-0.2, -0.15) is 5.26 Å². The summed E-state index contributed by atoms with van der Waals surface area (Å²) < 4.78 is 25.4. The minimum Gasteiger partial charge on any atom is -0.353 e. The van der Waals surface area contributed by atoms with E-state index in [2.05, 4.69) is 25.6 Å². The van der Waals surface area contributed by atoms with Crippen LogP contribution in [0.1, 0.15) is 19.0 Å². The largest absolute Gasteiger partial charge is 0.353 e. The number of nitrogens with zero attached hydrogens (tertiary/aromatic N) is 5. The third kappa shape index (κ3) is 6.26. The topological polar surface area (TPSA) is 141 Å². The summed E-state index contributed by atoms with van der Waals surface area (Å²) in [7, 11) is 3.97. The van der Waals surface area contributed by atoms with Crippen LogP contribution in [0.3, 0.4) is 0 Å². The molecule has 1 saturated heterocycles. The molecule has 0 unspecified atom stereocenters. The Bertz CT molecular complexity index is 1260. The number of nitriles is 1. The zero-order valence-electron chi connectivity index (χ0n) is 20.9. The monoisotopic (exact) mass is 508 g/mol. The Labute approximate surface area is 214 Å². The average Bonchev–Trinajstić information content (AvgIpc) is 3.33. The number of hydrogen-bond acceptors (Lipinski definition) is 9. The number of anilines is 1. The molecule has 3 heterocycles. The summed E-state index contributed by atoms with van der Waals surface area (Å²) in [5.74, 6) is 0.165. The number of likely N-dealkylation sites (N-methyl/N-ethyl adjacent to an activating group) is 1. The lowest BCUT2D eigenvalue weighted by atomic mass is 9.91. The van der Waals surface area contributed by atoms with Gasteiger partial charge in [-0.05, 0) is 51.4 Å². The normalized spacial score (nSPS) is 19.4. The van der Waals surface area contributed by atoms with Crippen molar-refractivity contribution in [2.24, 2.45) is 5.41 Å². The van der Waals surface area contributed by atoms with Gasteiger partial charge in [0.1, 0.15) is 12.4 Å². The first-order valence-electron chi connectivity index (χ1n) is 11.8. The molecule has 1 aliphatic rings. The Morgan fingerprint density at radius 1 is 1.24 bits per heavy atom. The number of imidazole rings is 1. The third-order valence-electron chi connectivity index (χ3n) is 5.80. The molecule has 4 rings (SSSR count). The highest BCUT2D eigenvalue weighted by Crippen LogP contribution is 2.35. The summed E-state index contributed by atoms with van der Waals surface area (Å²) in [6, 6.07) is 9.63. The van der Waals surface area contributed by atoms with Crippen LogP contribution in [0.2, 0.25) is 0 Å². The van der Waals surface area contributed by atoms with Crippen LogP contribution in [0.25, 0.3) is 22.6 Å². The molecule has 3 N–H and O–H groups in total. The van der Waals surface area contributed by atoms with Gasteiger partial charge in [0.25, 0.3) is 0 Å². The maximum absolute atomic E-state index is 13.6. The molecule has 12 heteroatoms. The number of aromatic amines is 1. The number of nitrogens with one attached hydrogen (secondary N) is 3. The minimum absolute atomic E-state index is 0.0737. The maximum atomic E-state index is 13.6. The number of H-pyrrole nitrogens is 1. The van der Waals surface area contributed by atoms with Gasteiger partial charge in [0, 0.05) is 24.8 Å². The molecule has 2 aromatic heterocycles. The van der Waals surface area contributed by atoms with Crippen molar-refractivity contribution in [2.45, 2.75) is 13.2 Å². The Hall–Kier alpha value is -3.92. The maximum Gasteiger partial charge on any atom is 0.231 e. The van der Waals surface area contributed by atoms with Gasteiger partial charge in [0.2, 0.25) is 18.1 Å². The number of halogens is 1. The SMILES string of the molecule is CN(C)CCNc1nccc(-c2[nH]c(C3OCC(C)(C(=O)NCC#N)CO3)nc2-c2ccc(F)cc2)n1. The number of ether oxygens (including phenoxy) is 2. The van der Waals surface area contributed by atoms with E-state index in [0.717, 1.165) is 6.54 Å². The number of carbonyl (C=O) groups excluding carboxylic acids is 1.